The quantitative estimate of drug-likeness (QED) is 0.685. The summed E-state index contributed by atoms with van der Waals surface area (Å²) in [5.41, 5.74) is 0.701. The third kappa shape index (κ3) is 6.28. The maximum atomic E-state index is 13.1. The summed E-state index contributed by atoms with van der Waals surface area (Å²) in [4.78, 5) is 25.0. The van der Waals surface area contributed by atoms with E-state index in [1.165, 1.54) is 12.1 Å². The van der Waals surface area contributed by atoms with Crippen LogP contribution in [-0.2, 0) is 14.8 Å². The Morgan fingerprint density at radius 2 is 1.72 bits per heavy atom. The van der Waals surface area contributed by atoms with Crippen molar-refractivity contribution in [1.29, 1.82) is 0 Å². The van der Waals surface area contributed by atoms with E-state index < -0.39 is 28.3 Å². The highest BCUT2D eigenvalue weighted by atomic mass is 32.2. The lowest BCUT2D eigenvalue weighted by Gasteiger charge is -2.22. The highest BCUT2D eigenvalue weighted by Crippen LogP contribution is 2.19. The van der Waals surface area contributed by atoms with Gasteiger partial charge in [0.2, 0.25) is 15.9 Å². The van der Waals surface area contributed by atoms with Gasteiger partial charge in [-0.1, -0.05) is 19.1 Å². The third-order valence-electron chi connectivity index (χ3n) is 4.24. The predicted octanol–water partition coefficient (Wildman–Crippen LogP) is 2.76. The Labute approximate surface area is 170 Å². The van der Waals surface area contributed by atoms with Gasteiger partial charge in [-0.2, -0.15) is 0 Å². The van der Waals surface area contributed by atoms with Crippen LogP contribution in [0.15, 0.2) is 48.5 Å². The molecule has 2 rings (SSSR count). The molecule has 2 aromatic rings. The van der Waals surface area contributed by atoms with Crippen molar-refractivity contribution >= 4 is 33.2 Å². The lowest BCUT2D eigenvalue weighted by Crippen LogP contribution is -2.38. The highest BCUT2D eigenvalue weighted by molar-refractivity contribution is 7.92. The number of hydrogen-bond acceptors (Lipinski definition) is 4. The Balaban J connectivity index is 2.21. The minimum atomic E-state index is -3.79. The van der Waals surface area contributed by atoms with Gasteiger partial charge < -0.3 is 10.6 Å². The van der Waals surface area contributed by atoms with Gasteiger partial charge in [0.15, 0.2) is 0 Å². The van der Waals surface area contributed by atoms with Crippen molar-refractivity contribution in [2.75, 3.05) is 22.4 Å². The Kier molecular flexibility index (Phi) is 7.33. The van der Waals surface area contributed by atoms with Crippen molar-refractivity contribution in [1.82, 2.24) is 5.32 Å². The standard InChI is InChI=1S/C20H24FN3O4S/c1-4-14(2)22-20(26)17-7-5-6-8-18(17)23-19(25)13-24(29(3,27)28)16-11-9-15(21)10-12-16/h5-12,14H,4,13H2,1-3H3,(H,22,26)(H,23,25). The number of hydrogen-bond donors (Lipinski definition) is 2. The van der Waals surface area contributed by atoms with Crippen molar-refractivity contribution in [2.45, 2.75) is 26.3 Å². The number of rotatable bonds is 8. The fourth-order valence-corrected chi connectivity index (χ4v) is 3.38. The molecule has 156 valence electrons. The first-order chi connectivity index (χ1) is 13.6. The molecule has 2 amide bonds. The van der Waals surface area contributed by atoms with Crippen molar-refractivity contribution in [2.24, 2.45) is 0 Å². The molecule has 1 atom stereocenters. The van der Waals surface area contributed by atoms with E-state index in [1.807, 2.05) is 13.8 Å². The lowest BCUT2D eigenvalue weighted by molar-refractivity contribution is -0.114. The largest absolute Gasteiger partial charge is 0.350 e. The summed E-state index contributed by atoms with van der Waals surface area (Å²) in [6.45, 7) is 3.28. The van der Waals surface area contributed by atoms with Gasteiger partial charge in [-0.25, -0.2) is 12.8 Å². The van der Waals surface area contributed by atoms with E-state index in [0.29, 0.717) is 0 Å². The van der Waals surface area contributed by atoms with Crippen LogP contribution in [0.25, 0.3) is 0 Å². The molecule has 0 heterocycles. The maximum Gasteiger partial charge on any atom is 0.253 e. The molecule has 0 fully saturated rings. The second kappa shape index (κ2) is 9.51. The fraction of sp³-hybridized carbons (Fsp3) is 0.300. The van der Waals surface area contributed by atoms with Gasteiger partial charge in [0.25, 0.3) is 5.91 Å². The number of carbonyl (C=O) groups is 2. The average Bonchev–Trinajstić information content (AvgIpc) is 2.66. The second-order valence-corrected chi connectivity index (χ2v) is 8.53. The lowest BCUT2D eigenvalue weighted by atomic mass is 10.1. The molecule has 0 aliphatic rings. The number of para-hydroxylation sites is 1. The number of amides is 2. The van der Waals surface area contributed by atoms with Crippen LogP contribution < -0.4 is 14.9 Å². The third-order valence-corrected chi connectivity index (χ3v) is 5.38. The molecule has 2 aromatic carbocycles. The fourth-order valence-electron chi connectivity index (χ4n) is 2.52. The van der Waals surface area contributed by atoms with E-state index in [4.69, 9.17) is 0 Å². The van der Waals surface area contributed by atoms with Gasteiger partial charge in [0.05, 0.1) is 23.2 Å². The van der Waals surface area contributed by atoms with Crippen LogP contribution >= 0.6 is 0 Å². The summed E-state index contributed by atoms with van der Waals surface area (Å²) in [5, 5.41) is 5.41. The Morgan fingerprint density at radius 1 is 1.10 bits per heavy atom. The summed E-state index contributed by atoms with van der Waals surface area (Å²) >= 11 is 0. The van der Waals surface area contributed by atoms with E-state index in [9.17, 15) is 22.4 Å². The van der Waals surface area contributed by atoms with Gasteiger partial charge >= 0.3 is 0 Å². The number of benzene rings is 2. The van der Waals surface area contributed by atoms with Crippen LogP contribution in [0.4, 0.5) is 15.8 Å². The number of nitrogens with zero attached hydrogens (tertiary/aromatic N) is 1. The molecule has 0 radical (unpaired) electrons. The van der Waals surface area contributed by atoms with Crippen LogP contribution in [0.1, 0.15) is 30.6 Å². The molecule has 29 heavy (non-hydrogen) atoms. The van der Waals surface area contributed by atoms with Crippen LogP contribution in [0.5, 0.6) is 0 Å². The summed E-state index contributed by atoms with van der Waals surface area (Å²) < 4.78 is 38.3. The van der Waals surface area contributed by atoms with E-state index in [0.717, 1.165) is 29.1 Å². The summed E-state index contributed by atoms with van der Waals surface area (Å²) in [7, 11) is -3.79. The molecule has 0 aromatic heterocycles. The maximum absolute atomic E-state index is 13.1. The molecule has 0 bridgehead atoms. The number of sulfonamides is 1. The first-order valence-corrected chi connectivity index (χ1v) is 10.9. The Morgan fingerprint density at radius 3 is 2.31 bits per heavy atom. The molecule has 1 unspecified atom stereocenters. The minimum Gasteiger partial charge on any atom is -0.350 e. The molecule has 0 aliphatic carbocycles. The minimum absolute atomic E-state index is 0.0366. The molecular formula is C20H24FN3O4S. The van der Waals surface area contributed by atoms with Crippen molar-refractivity contribution in [3.05, 3.63) is 59.9 Å². The topological polar surface area (TPSA) is 95.6 Å². The van der Waals surface area contributed by atoms with Crippen LogP contribution in [-0.4, -0.2) is 39.1 Å². The number of anilines is 2. The molecule has 9 heteroatoms. The smallest absolute Gasteiger partial charge is 0.253 e. The highest BCUT2D eigenvalue weighted by Gasteiger charge is 2.22. The van der Waals surface area contributed by atoms with Crippen molar-refractivity contribution < 1.29 is 22.4 Å². The monoisotopic (exact) mass is 421 g/mol. The van der Waals surface area contributed by atoms with Gasteiger partial charge in [-0.15, -0.1) is 0 Å². The summed E-state index contributed by atoms with van der Waals surface area (Å²) in [6.07, 6.45) is 1.71. The zero-order chi connectivity index (χ0) is 21.6. The molecule has 0 spiro atoms. The first-order valence-electron chi connectivity index (χ1n) is 9.04. The molecule has 0 saturated heterocycles. The molecule has 0 saturated carbocycles. The number of carbonyl (C=O) groups excluding carboxylic acids is 2. The van der Waals surface area contributed by atoms with Crippen LogP contribution in [0.2, 0.25) is 0 Å². The zero-order valence-electron chi connectivity index (χ0n) is 16.5. The Hall–Kier alpha value is -2.94. The summed E-state index contributed by atoms with van der Waals surface area (Å²) in [5.74, 6) is -1.50. The SMILES string of the molecule is CCC(C)NC(=O)c1ccccc1NC(=O)CN(c1ccc(F)cc1)S(C)(=O)=O. The first kappa shape index (κ1) is 22.4. The van der Waals surface area contributed by atoms with Gasteiger partial charge in [-0.3, -0.25) is 13.9 Å². The summed E-state index contributed by atoms with van der Waals surface area (Å²) in [6, 6.07) is 11.2. The molecule has 2 N–H and O–H groups in total. The normalized spacial score (nSPS) is 12.1. The van der Waals surface area contributed by atoms with Crippen molar-refractivity contribution in [3.63, 3.8) is 0 Å². The zero-order valence-corrected chi connectivity index (χ0v) is 17.3. The Bertz CT molecular complexity index is 977. The van der Waals surface area contributed by atoms with Gasteiger partial charge in [0, 0.05) is 6.04 Å². The average molecular weight is 421 g/mol. The van der Waals surface area contributed by atoms with Crippen LogP contribution in [0, 0.1) is 5.82 Å². The van der Waals surface area contributed by atoms with E-state index in [-0.39, 0.29) is 28.9 Å². The van der Waals surface area contributed by atoms with E-state index >= 15 is 0 Å². The van der Waals surface area contributed by atoms with Gasteiger partial charge in [0.1, 0.15) is 12.4 Å². The van der Waals surface area contributed by atoms with Gasteiger partial charge in [-0.05, 0) is 49.7 Å². The second-order valence-electron chi connectivity index (χ2n) is 6.62. The van der Waals surface area contributed by atoms with E-state index in [2.05, 4.69) is 10.6 Å². The molecule has 0 aliphatic heterocycles. The number of nitrogens with one attached hydrogen (secondary N) is 2. The number of halogens is 1. The van der Waals surface area contributed by atoms with Crippen molar-refractivity contribution in [3.8, 4) is 0 Å². The van der Waals surface area contributed by atoms with E-state index in [1.54, 1.807) is 24.3 Å². The predicted molar refractivity (Wildman–Crippen MR) is 111 cm³/mol. The molecular weight excluding hydrogens is 397 g/mol. The molecule has 7 nitrogen and oxygen atoms in total. The van der Waals surface area contributed by atoms with Crippen LogP contribution in [0.3, 0.4) is 0 Å².